The summed E-state index contributed by atoms with van der Waals surface area (Å²) in [6, 6.07) is 14.9. The van der Waals surface area contributed by atoms with Crippen LogP contribution in [0.4, 0.5) is 8.78 Å². The van der Waals surface area contributed by atoms with Crippen LogP contribution in [0.15, 0.2) is 66.7 Å². The van der Waals surface area contributed by atoms with Gasteiger partial charge in [0.05, 0.1) is 11.0 Å². The van der Waals surface area contributed by atoms with Gasteiger partial charge in [0.1, 0.15) is 29.1 Å². The zero-order valence-electron chi connectivity index (χ0n) is 14.9. The molecule has 29 heavy (non-hydrogen) atoms. The van der Waals surface area contributed by atoms with Crippen LogP contribution in [0.1, 0.15) is 32.5 Å². The van der Waals surface area contributed by atoms with Crippen LogP contribution in [0.5, 0.6) is 5.75 Å². The Labute approximate surface area is 163 Å². The number of aromatic nitrogens is 2. The maximum Gasteiger partial charge on any atom is 0.181 e. The van der Waals surface area contributed by atoms with Crippen molar-refractivity contribution in [2.24, 2.45) is 0 Å². The Kier molecular flexibility index (Phi) is 4.64. The predicted octanol–water partition coefficient (Wildman–Crippen LogP) is 4.40. The number of imidazole rings is 1. The van der Waals surface area contributed by atoms with E-state index in [-0.39, 0.29) is 22.7 Å². The normalized spacial score (nSPS) is 12.1. The fourth-order valence-corrected chi connectivity index (χ4v) is 3.15. The first kappa shape index (κ1) is 18.5. The van der Waals surface area contributed by atoms with E-state index in [1.807, 2.05) is 0 Å². The second-order valence-corrected chi connectivity index (χ2v) is 6.51. The number of carbonyl (C=O) groups is 2. The van der Waals surface area contributed by atoms with E-state index in [4.69, 9.17) is 0 Å². The van der Waals surface area contributed by atoms with Crippen LogP contribution in [0.3, 0.4) is 0 Å². The third-order valence-electron chi connectivity index (χ3n) is 4.49. The highest BCUT2D eigenvalue weighted by Gasteiger charge is 2.33. The van der Waals surface area contributed by atoms with Gasteiger partial charge in [0.15, 0.2) is 11.6 Å². The number of Topliss-reactive ketones (excluding diaryl/α,β-unsaturated/α-hetero) is 2. The number of hydrogen-bond acceptors (Lipinski definition) is 4. The zero-order chi connectivity index (χ0) is 20.5. The summed E-state index contributed by atoms with van der Waals surface area (Å²) in [7, 11) is 0. The molecule has 0 bridgehead atoms. The Bertz CT molecular complexity index is 1220. The molecule has 1 unspecified atom stereocenters. The zero-order valence-corrected chi connectivity index (χ0v) is 14.9. The van der Waals surface area contributed by atoms with E-state index < -0.39 is 29.1 Å². The summed E-state index contributed by atoms with van der Waals surface area (Å²) in [5.74, 6) is -4.63. The van der Waals surface area contributed by atoms with Gasteiger partial charge in [-0.3, -0.25) is 9.59 Å². The summed E-state index contributed by atoms with van der Waals surface area (Å²) in [4.78, 5) is 33.5. The summed E-state index contributed by atoms with van der Waals surface area (Å²) in [5, 5.41) is 9.65. The van der Waals surface area contributed by atoms with E-state index in [0.29, 0.717) is 17.1 Å². The molecular weight excluding hydrogens is 378 g/mol. The molecule has 0 radical (unpaired) electrons. The van der Waals surface area contributed by atoms with Crippen LogP contribution in [0.25, 0.3) is 11.0 Å². The number of fused-ring (bicyclic) bond motifs is 1. The first-order valence-electron chi connectivity index (χ1n) is 8.70. The maximum absolute atomic E-state index is 13.7. The van der Waals surface area contributed by atoms with Gasteiger partial charge in [-0.05, 0) is 24.3 Å². The summed E-state index contributed by atoms with van der Waals surface area (Å²) in [6.45, 7) is 0. The molecule has 5 nitrogen and oxygen atoms in total. The Morgan fingerprint density at radius 3 is 2.21 bits per heavy atom. The van der Waals surface area contributed by atoms with Crippen molar-refractivity contribution in [1.29, 1.82) is 0 Å². The highest BCUT2D eigenvalue weighted by molar-refractivity contribution is 6.19. The van der Waals surface area contributed by atoms with Crippen molar-refractivity contribution in [3.63, 3.8) is 0 Å². The summed E-state index contributed by atoms with van der Waals surface area (Å²) < 4.78 is 27.3. The molecular formula is C22H14F2N2O3. The van der Waals surface area contributed by atoms with E-state index in [9.17, 15) is 23.5 Å². The van der Waals surface area contributed by atoms with Crippen molar-refractivity contribution in [2.75, 3.05) is 0 Å². The monoisotopic (exact) mass is 392 g/mol. The second-order valence-electron chi connectivity index (χ2n) is 6.51. The van der Waals surface area contributed by atoms with Gasteiger partial charge in [0, 0.05) is 23.3 Å². The van der Waals surface area contributed by atoms with Crippen LogP contribution in [0, 0.1) is 11.6 Å². The third-order valence-corrected chi connectivity index (χ3v) is 4.49. The van der Waals surface area contributed by atoms with E-state index in [1.54, 1.807) is 30.3 Å². The lowest BCUT2D eigenvalue weighted by molar-refractivity contribution is 0.0855. The Morgan fingerprint density at radius 1 is 0.862 bits per heavy atom. The lowest BCUT2D eigenvalue weighted by Crippen LogP contribution is -2.24. The smallest absolute Gasteiger partial charge is 0.181 e. The van der Waals surface area contributed by atoms with Crippen molar-refractivity contribution in [3.05, 3.63) is 95.3 Å². The number of H-pyrrole nitrogens is 1. The van der Waals surface area contributed by atoms with Crippen LogP contribution in [0.2, 0.25) is 0 Å². The Balaban J connectivity index is 1.86. The van der Waals surface area contributed by atoms with Crippen molar-refractivity contribution >= 4 is 22.6 Å². The van der Waals surface area contributed by atoms with E-state index in [2.05, 4.69) is 9.97 Å². The highest BCUT2D eigenvalue weighted by atomic mass is 19.1. The van der Waals surface area contributed by atoms with Crippen molar-refractivity contribution in [1.82, 2.24) is 9.97 Å². The van der Waals surface area contributed by atoms with Crippen LogP contribution < -0.4 is 0 Å². The molecule has 0 amide bonds. The molecule has 0 spiro atoms. The molecule has 1 atom stereocenters. The van der Waals surface area contributed by atoms with Gasteiger partial charge in [0.25, 0.3) is 0 Å². The largest absolute Gasteiger partial charge is 0.508 e. The molecule has 0 aliphatic heterocycles. The van der Waals surface area contributed by atoms with Gasteiger partial charge in [-0.1, -0.05) is 30.3 Å². The number of aromatic hydroxyl groups is 1. The van der Waals surface area contributed by atoms with Crippen molar-refractivity contribution in [2.45, 2.75) is 5.92 Å². The molecule has 1 heterocycles. The van der Waals surface area contributed by atoms with Gasteiger partial charge in [-0.25, -0.2) is 13.8 Å². The molecule has 0 fully saturated rings. The molecule has 0 aliphatic rings. The number of phenols is 1. The van der Waals surface area contributed by atoms with E-state index >= 15 is 0 Å². The number of carbonyl (C=O) groups excluding carboxylic acids is 2. The molecule has 0 saturated carbocycles. The first-order chi connectivity index (χ1) is 13.9. The molecule has 4 rings (SSSR count). The third kappa shape index (κ3) is 3.62. The van der Waals surface area contributed by atoms with Crippen LogP contribution in [-0.4, -0.2) is 26.6 Å². The number of aromatic amines is 1. The number of ketones is 2. The minimum atomic E-state index is -1.44. The summed E-state index contributed by atoms with van der Waals surface area (Å²) in [6.07, 6.45) is 0. The number of hydrogen-bond donors (Lipinski definition) is 2. The molecule has 1 aromatic heterocycles. The second kappa shape index (κ2) is 7.27. The minimum Gasteiger partial charge on any atom is -0.508 e. The molecule has 144 valence electrons. The molecule has 0 saturated heterocycles. The van der Waals surface area contributed by atoms with Gasteiger partial charge < -0.3 is 10.1 Å². The van der Waals surface area contributed by atoms with Crippen molar-refractivity contribution in [3.8, 4) is 5.75 Å². The standard InChI is InChI=1S/C22H14F2N2O3/c23-14-8-13(9-15(24)10-14)21(29)19(20(28)12-4-2-1-3-5-12)22-25-17-7-6-16(27)11-18(17)26-22/h1-11,19,27H,(H,25,26). The lowest BCUT2D eigenvalue weighted by atomic mass is 9.89. The average Bonchev–Trinajstić information content (AvgIpc) is 3.10. The van der Waals surface area contributed by atoms with Gasteiger partial charge in [-0.15, -0.1) is 0 Å². The molecule has 7 heteroatoms. The van der Waals surface area contributed by atoms with Gasteiger partial charge in [0.2, 0.25) is 0 Å². The molecule has 4 aromatic rings. The fraction of sp³-hybridized carbons (Fsp3) is 0.0455. The molecule has 2 N–H and O–H groups in total. The van der Waals surface area contributed by atoms with E-state index in [1.165, 1.54) is 18.2 Å². The van der Waals surface area contributed by atoms with Gasteiger partial charge >= 0.3 is 0 Å². The number of rotatable bonds is 5. The SMILES string of the molecule is O=C(c1ccccc1)C(C(=O)c1cc(F)cc(F)c1)c1nc2ccc(O)cc2[nH]1. The topological polar surface area (TPSA) is 83.1 Å². The van der Waals surface area contributed by atoms with E-state index in [0.717, 1.165) is 12.1 Å². The minimum absolute atomic E-state index is 0.0165. The number of nitrogens with zero attached hydrogens (tertiary/aromatic N) is 1. The predicted molar refractivity (Wildman–Crippen MR) is 102 cm³/mol. The Hall–Kier alpha value is -3.87. The van der Waals surface area contributed by atoms with Gasteiger partial charge in [-0.2, -0.15) is 0 Å². The number of halogens is 2. The van der Waals surface area contributed by atoms with Crippen LogP contribution in [-0.2, 0) is 0 Å². The fourth-order valence-electron chi connectivity index (χ4n) is 3.15. The summed E-state index contributed by atoms with van der Waals surface area (Å²) >= 11 is 0. The summed E-state index contributed by atoms with van der Waals surface area (Å²) in [5.41, 5.74) is 0.831. The average molecular weight is 392 g/mol. The maximum atomic E-state index is 13.7. The number of nitrogens with one attached hydrogen (secondary N) is 1. The quantitative estimate of drug-likeness (QED) is 0.390. The molecule has 0 aliphatic carbocycles. The lowest BCUT2D eigenvalue weighted by Gasteiger charge is -2.13. The molecule has 3 aromatic carbocycles. The Morgan fingerprint density at radius 2 is 1.52 bits per heavy atom. The number of benzene rings is 3. The van der Waals surface area contributed by atoms with Crippen molar-refractivity contribution < 1.29 is 23.5 Å². The van der Waals surface area contributed by atoms with Crippen LogP contribution >= 0.6 is 0 Å². The first-order valence-corrected chi connectivity index (χ1v) is 8.70. The number of phenolic OH excluding ortho intramolecular Hbond substituents is 1. The highest BCUT2D eigenvalue weighted by Crippen LogP contribution is 2.27.